The minimum atomic E-state index is -2.81. The lowest BCUT2D eigenvalue weighted by Crippen LogP contribution is -2.45. The summed E-state index contributed by atoms with van der Waals surface area (Å²) in [7, 11) is -0.836. The van der Waals surface area contributed by atoms with E-state index < -0.39 is 9.84 Å². The van der Waals surface area contributed by atoms with Crippen LogP contribution >= 0.6 is 0 Å². The number of likely N-dealkylation sites (tertiary alicyclic amines) is 1. The zero-order valence-electron chi connectivity index (χ0n) is 9.70. The average Bonchev–Trinajstić information content (AvgIpc) is 2.27. The Morgan fingerprint density at radius 2 is 2.20 bits per heavy atom. The minimum absolute atomic E-state index is 0.260. The number of likely N-dealkylation sites (N-methyl/N-ethyl adjacent to an activating group) is 1. The first-order valence-electron chi connectivity index (χ1n) is 5.67. The highest BCUT2D eigenvalue weighted by molar-refractivity contribution is 7.91. The second kappa shape index (κ2) is 5.82. The summed E-state index contributed by atoms with van der Waals surface area (Å²) in [4.78, 5) is 2.25. The Morgan fingerprint density at radius 3 is 2.80 bits per heavy atom. The van der Waals surface area contributed by atoms with Crippen LogP contribution in [0.1, 0.15) is 19.8 Å². The highest BCUT2D eigenvalue weighted by atomic mass is 32.2. The van der Waals surface area contributed by atoms with Gasteiger partial charge in [-0.3, -0.25) is 0 Å². The number of nitrogens with zero attached hydrogens (tertiary/aromatic N) is 1. The summed E-state index contributed by atoms with van der Waals surface area (Å²) in [6.07, 6.45) is 2.37. The molecule has 1 rings (SSSR count). The van der Waals surface area contributed by atoms with Crippen molar-refractivity contribution in [2.75, 3.05) is 38.2 Å². The van der Waals surface area contributed by atoms with E-state index in [-0.39, 0.29) is 5.75 Å². The van der Waals surface area contributed by atoms with Gasteiger partial charge in [-0.15, -0.1) is 0 Å². The first-order valence-corrected chi connectivity index (χ1v) is 7.49. The summed E-state index contributed by atoms with van der Waals surface area (Å²) >= 11 is 0. The molecule has 0 bridgehead atoms. The number of piperidine rings is 1. The maximum Gasteiger partial charge on any atom is 0.151 e. The van der Waals surface area contributed by atoms with Crippen molar-refractivity contribution in [3.05, 3.63) is 0 Å². The molecule has 90 valence electrons. The molecule has 1 saturated heterocycles. The molecule has 1 atom stereocenters. The van der Waals surface area contributed by atoms with E-state index in [9.17, 15) is 8.42 Å². The summed E-state index contributed by atoms with van der Waals surface area (Å²) in [5, 5.41) is 3.25. The third-order valence-corrected chi connectivity index (χ3v) is 4.76. The van der Waals surface area contributed by atoms with E-state index in [4.69, 9.17) is 0 Å². The highest BCUT2D eigenvalue weighted by Gasteiger charge is 2.19. The minimum Gasteiger partial charge on any atom is -0.316 e. The van der Waals surface area contributed by atoms with Crippen LogP contribution in [0.3, 0.4) is 0 Å². The predicted octanol–water partition coefficient (Wildman–Crippen LogP) is 0.105. The lowest BCUT2D eigenvalue weighted by molar-refractivity contribution is 0.205. The fourth-order valence-electron chi connectivity index (χ4n) is 1.91. The van der Waals surface area contributed by atoms with Crippen molar-refractivity contribution >= 4 is 9.84 Å². The van der Waals surface area contributed by atoms with Crippen LogP contribution in [0.25, 0.3) is 0 Å². The van der Waals surface area contributed by atoms with E-state index in [1.165, 1.54) is 6.42 Å². The Hall–Kier alpha value is -0.130. The summed E-state index contributed by atoms with van der Waals surface area (Å²) in [6.45, 7) is 4.42. The topological polar surface area (TPSA) is 49.4 Å². The van der Waals surface area contributed by atoms with Gasteiger partial charge in [0.2, 0.25) is 0 Å². The molecular formula is C10H22N2O2S. The van der Waals surface area contributed by atoms with Gasteiger partial charge in [-0.25, -0.2) is 8.42 Å². The Balaban J connectivity index is 2.33. The molecule has 0 saturated carbocycles. The Morgan fingerprint density at radius 1 is 1.47 bits per heavy atom. The van der Waals surface area contributed by atoms with Crippen LogP contribution in [-0.2, 0) is 9.84 Å². The van der Waals surface area contributed by atoms with E-state index in [2.05, 4.69) is 10.2 Å². The van der Waals surface area contributed by atoms with Gasteiger partial charge in [0, 0.05) is 24.9 Å². The Labute approximate surface area is 93.0 Å². The maximum atomic E-state index is 11.4. The molecule has 1 fully saturated rings. The van der Waals surface area contributed by atoms with Gasteiger partial charge < -0.3 is 10.2 Å². The smallest absolute Gasteiger partial charge is 0.151 e. The van der Waals surface area contributed by atoms with Crippen LogP contribution in [0.2, 0.25) is 0 Å². The molecule has 4 nitrogen and oxygen atoms in total. The second-order valence-electron chi connectivity index (χ2n) is 4.16. The first kappa shape index (κ1) is 12.9. The zero-order chi connectivity index (χ0) is 11.3. The van der Waals surface area contributed by atoms with E-state index in [0.717, 1.165) is 19.5 Å². The van der Waals surface area contributed by atoms with Gasteiger partial charge in [-0.1, -0.05) is 6.92 Å². The van der Waals surface area contributed by atoms with Crippen LogP contribution in [0.5, 0.6) is 0 Å². The van der Waals surface area contributed by atoms with Crippen molar-refractivity contribution in [2.45, 2.75) is 25.8 Å². The summed E-state index contributed by atoms with van der Waals surface area (Å²) in [5.41, 5.74) is 0. The molecule has 1 N–H and O–H groups in total. The van der Waals surface area contributed by atoms with Gasteiger partial charge in [0.05, 0.1) is 5.75 Å². The van der Waals surface area contributed by atoms with Gasteiger partial charge >= 0.3 is 0 Å². The quantitative estimate of drug-likeness (QED) is 0.733. The molecule has 0 aromatic heterocycles. The van der Waals surface area contributed by atoms with E-state index in [1.807, 2.05) is 7.05 Å². The summed E-state index contributed by atoms with van der Waals surface area (Å²) in [6, 6.07) is 0.531. The van der Waals surface area contributed by atoms with Crippen molar-refractivity contribution in [3.8, 4) is 0 Å². The first-order chi connectivity index (χ1) is 7.07. The Kier molecular flexibility index (Phi) is 5.02. The summed E-state index contributed by atoms with van der Waals surface area (Å²) in [5.74, 6) is 0.566. The molecule has 1 unspecified atom stereocenters. The number of nitrogens with one attached hydrogen (secondary N) is 1. The molecule has 1 aliphatic rings. The molecular weight excluding hydrogens is 212 g/mol. The predicted molar refractivity (Wildman–Crippen MR) is 62.8 cm³/mol. The maximum absolute atomic E-state index is 11.4. The van der Waals surface area contributed by atoms with Crippen molar-refractivity contribution < 1.29 is 8.42 Å². The van der Waals surface area contributed by atoms with Crippen molar-refractivity contribution in [3.63, 3.8) is 0 Å². The third kappa shape index (κ3) is 4.49. The molecule has 5 heteroatoms. The fraction of sp³-hybridized carbons (Fsp3) is 1.00. The van der Waals surface area contributed by atoms with Gasteiger partial charge in [-0.2, -0.15) is 0 Å². The largest absolute Gasteiger partial charge is 0.316 e. The normalized spacial score (nSPS) is 24.3. The van der Waals surface area contributed by atoms with E-state index in [0.29, 0.717) is 18.3 Å². The van der Waals surface area contributed by atoms with Crippen LogP contribution in [0.4, 0.5) is 0 Å². The van der Waals surface area contributed by atoms with E-state index in [1.54, 1.807) is 6.92 Å². The third-order valence-electron chi connectivity index (χ3n) is 3.07. The summed E-state index contributed by atoms with van der Waals surface area (Å²) < 4.78 is 22.7. The van der Waals surface area contributed by atoms with Crippen molar-refractivity contribution in [1.82, 2.24) is 10.2 Å². The fourth-order valence-corrected chi connectivity index (χ4v) is 2.73. The average molecular weight is 234 g/mol. The van der Waals surface area contributed by atoms with Crippen LogP contribution in [-0.4, -0.2) is 57.5 Å². The number of hydrogen-bond acceptors (Lipinski definition) is 4. The number of hydrogen-bond donors (Lipinski definition) is 1. The highest BCUT2D eigenvalue weighted by Crippen LogP contribution is 2.09. The van der Waals surface area contributed by atoms with Crippen LogP contribution < -0.4 is 5.32 Å². The molecule has 15 heavy (non-hydrogen) atoms. The standard InChI is InChI=1S/C10H22N2O2S/c1-3-15(13,14)8-7-12-6-4-5-10(9-12)11-2/h10-11H,3-9H2,1-2H3. The monoisotopic (exact) mass is 234 g/mol. The Bertz CT molecular complexity index is 277. The van der Waals surface area contributed by atoms with Gasteiger partial charge in [0.25, 0.3) is 0 Å². The number of sulfone groups is 1. The SMILES string of the molecule is CCS(=O)(=O)CCN1CCCC(NC)C1. The van der Waals surface area contributed by atoms with Gasteiger partial charge in [0.15, 0.2) is 9.84 Å². The van der Waals surface area contributed by atoms with E-state index >= 15 is 0 Å². The van der Waals surface area contributed by atoms with Crippen molar-refractivity contribution in [2.24, 2.45) is 0 Å². The molecule has 1 heterocycles. The molecule has 0 radical (unpaired) electrons. The van der Waals surface area contributed by atoms with Crippen LogP contribution in [0.15, 0.2) is 0 Å². The van der Waals surface area contributed by atoms with Crippen molar-refractivity contribution in [1.29, 1.82) is 0 Å². The molecule has 0 aromatic carbocycles. The molecule has 0 amide bonds. The molecule has 0 aliphatic carbocycles. The lowest BCUT2D eigenvalue weighted by Gasteiger charge is -2.32. The second-order valence-corrected chi connectivity index (χ2v) is 6.64. The zero-order valence-corrected chi connectivity index (χ0v) is 10.5. The van der Waals surface area contributed by atoms with Crippen LogP contribution in [0, 0.1) is 0 Å². The van der Waals surface area contributed by atoms with Gasteiger partial charge in [-0.05, 0) is 26.4 Å². The number of rotatable bonds is 5. The molecule has 1 aliphatic heterocycles. The lowest BCUT2D eigenvalue weighted by atomic mass is 10.1. The molecule has 0 spiro atoms. The van der Waals surface area contributed by atoms with Gasteiger partial charge in [0.1, 0.15) is 0 Å². The molecule has 0 aromatic rings.